The molecule has 0 heterocycles. The van der Waals surface area contributed by atoms with E-state index in [1.807, 2.05) is 33.2 Å². The molecule has 0 aliphatic carbocycles. The highest BCUT2D eigenvalue weighted by Gasteiger charge is 2.17. The van der Waals surface area contributed by atoms with Gasteiger partial charge < -0.3 is 9.80 Å². The summed E-state index contributed by atoms with van der Waals surface area (Å²) in [4.78, 5) is 16.7. The van der Waals surface area contributed by atoms with Crippen LogP contribution in [0.25, 0.3) is 0 Å². The zero-order chi connectivity index (χ0) is 21.4. The Morgan fingerprint density at radius 1 is 1.00 bits per heavy atom. The van der Waals surface area contributed by atoms with Gasteiger partial charge in [-0.15, -0.1) is 6.42 Å². The minimum Gasteiger partial charge on any atom is -0.335 e. The average molecular weight is 414 g/mol. The van der Waals surface area contributed by atoms with Crippen molar-refractivity contribution >= 4 is 15.9 Å². The summed E-state index contributed by atoms with van der Waals surface area (Å²) in [5, 5.41) is 0. The van der Waals surface area contributed by atoms with Crippen molar-refractivity contribution in [3.05, 3.63) is 65.2 Å². The molecule has 154 valence electrons. The van der Waals surface area contributed by atoms with E-state index in [-0.39, 0.29) is 17.3 Å². The number of carbonyl (C=O) groups excluding carboxylic acids is 1. The van der Waals surface area contributed by atoms with Crippen molar-refractivity contribution in [1.82, 2.24) is 14.5 Å². The minimum absolute atomic E-state index is 0.0730. The van der Waals surface area contributed by atoms with Gasteiger partial charge in [-0.25, -0.2) is 8.42 Å². The van der Waals surface area contributed by atoms with Crippen molar-refractivity contribution in [2.24, 2.45) is 0 Å². The van der Waals surface area contributed by atoms with Crippen molar-refractivity contribution < 1.29 is 13.2 Å². The van der Waals surface area contributed by atoms with Gasteiger partial charge in [0, 0.05) is 25.2 Å². The van der Waals surface area contributed by atoms with E-state index < -0.39 is 10.0 Å². The topological polar surface area (TPSA) is 69.7 Å². The summed E-state index contributed by atoms with van der Waals surface area (Å²) in [6.07, 6.45) is 5.09. The molecule has 0 aliphatic rings. The quantitative estimate of drug-likeness (QED) is 0.641. The summed E-state index contributed by atoms with van der Waals surface area (Å²) >= 11 is 0. The normalized spacial score (nSPS) is 11.3. The first kappa shape index (κ1) is 22.6. The van der Waals surface area contributed by atoms with Gasteiger partial charge in [0.05, 0.1) is 11.4 Å². The average Bonchev–Trinajstić information content (AvgIpc) is 2.71. The van der Waals surface area contributed by atoms with Crippen LogP contribution in [0.4, 0.5) is 0 Å². The summed E-state index contributed by atoms with van der Waals surface area (Å²) in [5.41, 5.74) is 2.69. The largest absolute Gasteiger partial charge is 0.335 e. The van der Waals surface area contributed by atoms with E-state index in [2.05, 4.69) is 27.7 Å². The van der Waals surface area contributed by atoms with Crippen LogP contribution < -0.4 is 4.72 Å². The molecule has 0 atom stereocenters. The molecule has 0 bridgehead atoms. The maximum absolute atomic E-state index is 12.9. The first-order chi connectivity index (χ1) is 13.8. The second-order valence-corrected chi connectivity index (χ2v) is 8.69. The van der Waals surface area contributed by atoms with Gasteiger partial charge in [-0.3, -0.25) is 4.79 Å². The molecule has 6 nitrogen and oxygen atoms in total. The maximum Gasteiger partial charge on any atom is 0.254 e. The molecule has 29 heavy (non-hydrogen) atoms. The number of nitrogens with zero attached hydrogens (tertiary/aromatic N) is 2. The first-order valence-electron chi connectivity index (χ1n) is 9.32. The fourth-order valence-corrected chi connectivity index (χ4v) is 3.78. The van der Waals surface area contributed by atoms with Crippen LogP contribution in [0.5, 0.6) is 0 Å². The van der Waals surface area contributed by atoms with Crippen molar-refractivity contribution in [3.63, 3.8) is 0 Å². The molecule has 0 unspecified atom stereocenters. The van der Waals surface area contributed by atoms with Crippen LogP contribution in [-0.4, -0.2) is 51.3 Å². The second-order valence-electron chi connectivity index (χ2n) is 6.93. The van der Waals surface area contributed by atoms with Crippen LogP contribution in [0.2, 0.25) is 0 Å². The van der Waals surface area contributed by atoms with Crippen LogP contribution in [-0.2, 0) is 23.1 Å². The summed E-state index contributed by atoms with van der Waals surface area (Å²) in [6, 6.07) is 14.1. The molecule has 0 aromatic heterocycles. The number of hydrogen-bond donors (Lipinski definition) is 1. The molecule has 0 spiro atoms. The highest BCUT2D eigenvalue weighted by molar-refractivity contribution is 7.89. The van der Waals surface area contributed by atoms with Crippen molar-refractivity contribution in [2.45, 2.75) is 24.9 Å². The number of carbonyl (C=O) groups is 1. The predicted octanol–water partition coefficient (Wildman–Crippen LogP) is 2.32. The molecule has 0 saturated heterocycles. The van der Waals surface area contributed by atoms with Crippen molar-refractivity contribution in [2.75, 3.05) is 27.2 Å². The Labute approximate surface area is 173 Å². The molecule has 0 fully saturated rings. The predicted molar refractivity (Wildman–Crippen MR) is 115 cm³/mol. The zero-order valence-corrected chi connectivity index (χ0v) is 17.9. The lowest BCUT2D eigenvalue weighted by atomic mass is 10.1. The van der Waals surface area contributed by atoms with E-state index >= 15 is 0 Å². The van der Waals surface area contributed by atoms with E-state index in [0.717, 1.165) is 12.1 Å². The third-order valence-corrected chi connectivity index (χ3v) is 5.76. The Balaban J connectivity index is 2.10. The van der Waals surface area contributed by atoms with Crippen molar-refractivity contribution in [1.29, 1.82) is 0 Å². The SMILES string of the molecule is C#CCNS(=O)(=O)c1ccc(C(=O)N(CC)Cc2ccc(CN(C)C)cc2)cc1. The fourth-order valence-electron chi connectivity index (χ4n) is 2.84. The Hall–Kier alpha value is -2.66. The van der Waals surface area contributed by atoms with E-state index in [0.29, 0.717) is 18.7 Å². The molecular weight excluding hydrogens is 386 g/mol. The first-order valence-corrected chi connectivity index (χ1v) is 10.8. The molecular formula is C22H27N3O3S. The molecule has 0 aliphatic heterocycles. The van der Waals surface area contributed by atoms with Crippen molar-refractivity contribution in [3.8, 4) is 12.3 Å². The number of nitrogens with one attached hydrogen (secondary N) is 1. The van der Waals surface area contributed by atoms with E-state index in [9.17, 15) is 13.2 Å². The number of terminal acetylenes is 1. The standard InChI is InChI=1S/C22H27N3O3S/c1-5-15-23-29(27,28)21-13-11-20(12-14-21)22(26)25(6-2)17-19-9-7-18(8-10-19)16-24(3)4/h1,7-14,23H,6,15-17H2,2-4H3. The number of benzene rings is 2. The Morgan fingerprint density at radius 3 is 2.03 bits per heavy atom. The fraction of sp³-hybridized carbons (Fsp3) is 0.318. The van der Waals surface area contributed by atoms with Crippen LogP contribution in [0.3, 0.4) is 0 Å². The monoisotopic (exact) mass is 413 g/mol. The lowest BCUT2D eigenvalue weighted by Gasteiger charge is -2.21. The van der Waals surface area contributed by atoms with Gasteiger partial charge in [-0.1, -0.05) is 30.2 Å². The van der Waals surface area contributed by atoms with Gasteiger partial charge in [0.1, 0.15) is 0 Å². The number of rotatable bonds is 9. The Morgan fingerprint density at radius 2 is 1.55 bits per heavy atom. The second kappa shape index (κ2) is 10.2. The van der Waals surface area contributed by atoms with Crippen LogP contribution >= 0.6 is 0 Å². The van der Waals surface area contributed by atoms with Crippen LogP contribution in [0.15, 0.2) is 53.4 Å². The Kier molecular flexibility index (Phi) is 7.97. The van der Waals surface area contributed by atoms with E-state index in [1.165, 1.54) is 29.8 Å². The number of amides is 1. The number of hydrogen-bond acceptors (Lipinski definition) is 4. The van der Waals surface area contributed by atoms with Gasteiger partial charge in [0.25, 0.3) is 5.91 Å². The van der Waals surface area contributed by atoms with Crippen LogP contribution in [0.1, 0.15) is 28.4 Å². The molecule has 2 rings (SSSR count). The summed E-state index contributed by atoms with van der Waals surface area (Å²) < 4.78 is 26.5. The van der Waals surface area contributed by atoms with Gasteiger partial charge in [-0.2, -0.15) is 4.72 Å². The van der Waals surface area contributed by atoms with E-state index in [4.69, 9.17) is 6.42 Å². The smallest absolute Gasteiger partial charge is 0.254 e. The van der Waals surface area contributed by atoms with Gasteiger partial charge in [-0.05, 0) is 56.4 Å². The third kappa shape index (κ3) is 6.43. The van der Waals surface area contributed by atoms with E-state index in [1.54, 1.807) is 4.90 Å². The third-order valence-electron chi connectivity index (χ3n) is 4.34. The number of sulfonamides is 1. The van der Waals surface area contributed by atoms with Gasteiger partial charge >= 0.3 is 0 Å². The molecule has 7 heteroatoms. The molecule has 2 aromatic rings. The van der Waals surface area contributed by atoms with Crippen LogP contribution in [0, 0.1) is 12.3 Å². The molecule has 2 aromatic carbocycles. The minimum atomic E-state index is -3.67. The summed E-state index contributed by atoms with van der Waals surface area (Å²) in [7, 11) is 0.369. The summed E-state index contributed by atoms with van der Waals surface area (Å²) in [5.74, 6) is 2.08. The highest BCUT2D eigenvalue weighted by Crippen LogP contribution is 2.15. The summed E-state index contributed by atoms with van der Waals surface area (Å²) in [6.45, 7) is 3.73. The lowest BCUT2D eigenvalue weighted by Crippen LogP contribution is -2.30. The molecule has 1 amide bonds. The zero-order valence-electron chi connectivity index (χ0n) is 17.1. The highest BCUT2D eigenvalue weighted by atomic mass is 32.2. The molecule has 0 radical (unpaired) electrons. The molecule has 0 saturated carbocycles. The maximum atomic E-state index is 12.9. The Bertz CT molecular complexity index is 960. The van der Waals surface area contributed by atoms with Gasteiger partial charge in [0.15, 0.2) is 0 Å². The molecule has 1 N–H and O–H groups in total. The van der Waals surface area contributed by atoms with Gasteiger partial charge in [0.2, 0.25) is 10.0 Å². The lowest BCUT2D eigenvalue weighted by molar-refractivity contribution is 0.0752.